The van der Waals surface area contributed by atoms with Crippen LogP contribution in [0.4, 0.5) is 4.79 Å². The van der Waals surface area contributed by atoms with Crippen molar-refractivity contribution in [1.29, 1.82) is 4.78 Å². The number of fused-ring (bicyclic) bond motifs is 2. The van der Waals surface area contributed by atoms with Crippen LogP contribution in [0.25, 0.3) is 0 Å². The predicted octanol–water partition coefficient (Wildman–Crippen LogP) is 2.22. The van der Waals surface area contributed by atoms with Gasteiger partial charge < -0.3 is 9.64 Å². The van der Waals surface area contributed by atoms with Crippen molar-refractivity contribution < 1.29 is 13.7 Å². The third-order valence-electron chi connectivity index (χ3n) is 3.96. The Hall–Kier alpha value is -1.56. The van der Waals surface area contributed by atoms with Crippen molar-refractivity contribution in [1.82, 2.24) is 4.90 Å². The van der Waals surface area contributed by atoms with Gasteiger partial charge in [0, 0.05) is 21.8 Å². The molecular formula is C14H18N2O3S. The first-order chi connectivity index (χ1) is 9.55. The maximum Gasteiger partial charge on any atom is 0.410 e. The Labute approximate surface area is 118 Å². The van der Waals surface area contributed by atoms with E-state index in [1.807, 2.05) is 30.3 Å². The van der Waals surface area contributed by atoms with Crippen LogP contribution >= 0.6 is 0 Å². The van der Waals surface area contributed by atoms with Gasteiger partial charge in [-0.05, 0) is 18.4 Å². The molecule has 2 atom stereocenters. The lowest BCUT2D eigenvalue weighted by molar-refractivity contribution is 0.0825. The Balaban J connectivity index is 1.64. The van der Waals surface area contributed by atoms with Crippen LogP contribution in [0.1, 0.15) is 18.4 Å². The molecule has 2 saturated heterocycles. The molecule has 6 heteroatoms. The minimum atomic E-state index is -2.50. The lowest BCUT2D eigenvalue weighted by Gasteiger charge is -2.34. The van der Waals surface area contributed by atoms with Crippen LogP contribution in [-0.4, -0.2) is 38.8 Å². The first-order valence-corrected chi connectivity index (χ1v) is 8.68. The summed E-state index contributed by atoms with van der Waals surface area (Å²) in [6, 6.07) is 9.39. The van der Waals surface area contributed by atoms with Gasteiger partial charge in [-0.1, -0.05) is 30.3 Å². The van der Waals surface area contributed by atoms with E-state index < -0.39 is 9.73 Å². The largest absolute Gasteiger partial charge is 0.445 e. The summed E-state index contributed by atoms with van der Waals surface area (Å²) in [4.78, 5) is 13.9. The Morgan fingerprint density at radius 1 is 1.25 bits per heavy atom. The van der Waals surface area contributed by atoms with Crippen LogP contribution in [0, 0.1) is 4.78 Å². The van der Waals surface area contributed by atoms with Crippen molar-refractivity contribution in [3.05, 3.63) is 35.9 Å². The fraction of sp³-hybridized carbons (Fsp3) is 0.500. The van der Waals surface area contributed by atoms with Gasteiger partial charge >= 0.3 is 6.09 Å². The summed E-state index contributed by atoms with van der Waals surface area (Å²) < 4.78 is 25.0. The van der Waals surface area contributed by atoms with Gasteiger partial charge in [-0.25, -0.2) is 9.00 Å². The second kappa shape index (κ2) is 5.09. The minimum absolute atomic E-state index is 0.0815. The highest BCUT2D eigenvalue weighted by Crippen LogP contribution is 2.32. The summed E-state index contributed by atoms with van der Waals surface area (Å²) in [7, 11) is -2.50. The highest BCUT2D eigenvalue weighted by Gasteiger charge is 2.44. The Morgan fingerprint density at radius 3 is 2.45 bits per heavy atom. The number of rotatable bonds is 2. The van der Waals surface area contributed by atoms with Crippen molar-refractivity contribution in [2.45, 2.75) is 31.5 Å². The Bertz CT molecular complexity index is 580. The van der Waals surface area contributed by atoms with Gasteiger partial charge in [0.1, 0.15) is 6.61 Å². The molecule has 0 aromatic heterocycles. The molecule has 2 unspecified atom stereocenters. The molecule has 3 rings (SSSR count). The van der Waals surface area contributed by atoms with E-state index >= 15 is 0 Å². The van der Waals surface area contributed by atoms with E-state index in [2.05, 4.69) is 0 Å². The number of hydrogen-bond donors (Lipinski definition) is 1. The van der Waals surface area contributed by atoms with Crippen molar-refractivity contribution in [2.75, 3.05) is 11.5 Å². The summed E-state index contributed by atoms with van der Waals surface area (Å²) in [5.41, 5.74) is 0.953. The van der Waals surface area contributed by atoms with Crippen LogP contribution in [0.2, 0.25) is 0 Å². The van der Waals surface area contributed by atoms with E-state index in [-0.39, 0.29) is 24.8 Å². The maximum absolute atomic E-state index is 12.2. The van der Waals surface area contributed by atoms with Gasteiger partial charge in [0.05, 0.1) is 11.5 Å². The number of benzene rings is 1. The highest BCUT2D eigenvalue weighted by atomic mass is 32.2. The molecule has 1 N–H and O–H groups in total. The molecule has 5 nitrogen and oxygen atoms in total. The number of nitrogens with zero attached hydrogens (tertiary/aromatic N) is 1. The maximum atomic E-state index is 12.2. The topological polar surface area (TPSA) is 70.5 Å². The first-order valence-electron chi connectivity index (χ1n) is 6.78. The molecule has 2 aliphatic heterocycles. The molecule has 2 bridgehead atoms. The van der Waals surface area contributed by atoms with E-state index in [4.69, 9.17) is 9.52 Å². The number of hydrogen-bond acceptors (Lipinski definition) is 4. The molecule has 2 fully saturated rings. The normalized spacial score (nSPS) is 32.1. The molecule has 20 heavy (non-hydrogen) atoms. The highest BCUT2D eigenvalue weighted by molar-refractivity contribution is 7.92. The third-order valence-corrected chi connectivity index (χ3v) is 5.81. The lowest BCUT2D eigenvalue weighted by Crippen LogP contribution is -2.51. The molecule has 108 valence electrons. The zero-order valence-electron chi connectivity index (χ0n) is 11.2. The number of nitrogens with one attached hydrogen (secondary N) is 1. The Morgan fingerprint density at radius 2 is 1.85 bits per heavy atom. The predicted molar refractivity (Wildman–Crippen MR) is 75.9 cm³/mol. The van der Waals surface area contributed by atoms with E-state index in [9.17, 15) is 9.00 Å². The van der Waals surface area contributed by atoms with Crippen molar-refractivity contribution >= 4 is 15.8 Å². The van der Waals surface area contributed by atoms with E-state index in [0.29, 0.717) is 11.5 Å². The second-order valence-electron chi connectivity index (χ2n) is 5.48. The van der Waals surface area contributed by atoms with Crippen molar-refractivity contribution in [3.8, 4) is 0 Å². The van der Waals surface area contributed by atoms with Crippen LogP contribution < -0.4 is 0 Å². The van der Waals surface area contributed by atoms with Crippen LogP contribution in [0.5, 0.6) is 0 Å². The SMILES string of the molecule is N=S1(=O)CC2CCC(C1)N2C(=O)OCc1ccccc1. The minimum Gasteiger partial charge on any atom is -0.445 e. The number of carbonyl (C=O) groups is 1. The summed E-state index contributed by atoms with van der Waals surface area (Å²) in [5.74, 6) is 0.591. The monoisotopic (exact) mass is 294 g/mol. The van der Waals surface area contributed by atoms with Crippen molar-refractivity contribution in [3.63, 3.8) is 0 Å². The van der Waals surface area contributed by atoms with Gasteiger partial charge in [0.15, 0.2) is 0 Å². The molecule has 0 aliphatic carbocycles. The summed E-state index contributed by atoms with van der Waals surface area (Å²) in [6.45, 7) is 0.256. The van der Waals surface area contributed by atoms with Gasteiger partial charge in [0.25, 0.3) is 0 Å². The van der Waals surface area contributed by atoms with Crippen LogP contribution in [-0.2, 0) is 21.1 Å². The molecule has 1 aromatic rings. The molecular weight excluding hydrogens is 276 g/mol. The zero-order chi connectivity index (χ0) is 14.2. The summed E-state index contributed by atoms with van der Waals surface area (Å²) in [6.07, 6.45) is 1.33. The first kappa shape index (κ1) is 13.4. The quantitative estimate of drug-likeness (QED) is 0.909. The van der Waals surface area contributed by atoms with E-state index in [0.717, 1.165) is 18.4 Å². The van der Waals surface area contributed by atoms with Gasteiger partial charge in [0.2, 0.25) is 0 Å². The van der Waals surface area contributed by atoms with E-state index in [1.165, 1.54) is 0 Å². The fourth-order valence-corrected chi connectivity index (χ4v) is 5.10. The summed E-state index contributed by atoms with van der Waals surface area (Å²) >= 11 is 0. The smallest absolute Gasteiger partial charge is 0.410 e. The molecule has 0 saturated carbocycles. The average Bonchev–Trinajstić information content (AvgIpc) is 2.70. The number of carbonyl (C=O) groups excluding carboxylic acids is 1. The zero-order valence-corrected chi connectivity index (χ0v) is 12.0. The third kappa shape index (κ3) is 2.65. The fourth-order valence-electron chi connectivity index (χ4n) is 3.07. The molecule has 0 radical (unpaired) electrons. The lowest BCUT2D eigenvalue weighted by atomic mass is 10.2. The summed E-state index contributed by atoms with van der Waals surface area (Å²) in [5, 5.41) is 0. The Kier molecular flexibility index (Phi) is 3.41. The average molecular weight is 294 g/mol. The molecule has 2 aliphatic rings. The van der Waals surface area contributed by atoms with Gasteiger partial charge in [-0.2, -0.15) is 0 Å². The van der Waals surface area contributed by atoms with Gasteiger partial charge in [-0.15, -0.1) is 0 Å². The van der Waals surface area contributed by atoms with Crippen LogP contribution in [0.3, 0.4) is 0 Å². The molecule has 2 heterocycles. The number of amides is 1. The van der Waals surface area contributed by atoms with Crippen LogP contribution in [0.15, 0.2) is 30.3 Å². The van der Waals surface area contributed by atoms with Crippen molar-refractivity contribution in [2.24, 2.45) is 0 Å². The molecule has 0 spiro atoms. The number of ether oxygens (including phenoxy) is 1. The molecule has 1 amide bonds. The molecule has 1 aromatic carbocycles. The van der Waals surface area contributed by atoms with E-state index in [1.54, 1.807) is 4.90 Å². The second-order valence-corrected chi connectivity index (χ2v) is 7.77. The standard InChI is InChI=1S/C14H18N2O3S/c15-20(18)9-12-6-7-13(10-20)16(12)14(17)19-8-11-4-2-1-3-5-11/h1-5,12-13,15H,6-10H2. The van der Waals surface area contributed by atoms with Gasteiger partial charge in [-0.3, -0.25) is 4.78 Å².